The fourth-order valence-corrected chi connectivity index (χ4v) is 5.78. The molecule has 0 fully saturated rings. The number of aliphatic hydroxyl groups excluding tert-OH is 2. The summed E-state index contributed by atoms with van der Waals surface area (Å²) < 4.78 is 21.6. The van der Waals surface area contributed by atoms with E-state index in [0.717, 1.165) is 22.1 Å². The lowest BCUT2D eigenvalue weighted by Gasteiger charge is -2.30. The summed E-state index contributed by atoms with van der Waals surface area (Å²) in [6.07, 6.45) is -0.803. The first-order valence-electron chi connectivity index (χ1n) is 12.7. The highest BCUT2D eigenvalue weighted by Gasteiger charge is 2.35. The van der Waals surface area contributed by atoms with Gasteiger partial charge in [-0.25, -0.2) is 9.37 Å². The number of ether oxygens (including phenoxy) is 1. The minimum absolute atomic E-state index is 0.156. The lowest BCUT2D eigenvalue weighted by molar-refractivity contribution is -0.129. The lowest BCUT2D eigenvalue weighted by atomic mass is 9.81. The Bertz CT molecular complexity index is 1570. The summed E-state index contributed by atoms with van der Waals surface area (Å²) in [5, 5.41) is 24.2. The maximum Gasteiger partial charge on any atom is 0.260 e. The summed E-state index contributed by atoms with van der Waals surface area (Å²) >= 11 is 0. The van der Waals surface area contributed by atoms with E-state index in [0.29, 0.717) is 47.3 Å². The van der Waals surface area contributed by atoms with E-state index in [1.165, 1.54) is 17.6 Å². The van der Waals surface area contributed by atoms with Crippen LogP contribution in [0.2, 0.25) is 0 Å². The summed E-state index contributed by atoms with van der Waals surface area (Å²) in [4.78, 5) is 42.5. The molecule has 3 heterocycles. The van der Waals surface area contributed by atoms with Crippen molar-refractivity contribution in [1.82, 2.24) is 14.9 Å². The van der Waals surface area contributed by atoms with E-state index in [-0.39, 0.29) is 34.8 Å². The van der Waals surface area contributed by atoms with E-state index in [1.54, 1.807) is 19.9 Å². The van der Waals surface area contributed by atoms with E-state index >= 15 is 0 Å². The zero-order chi connectivity index (χ0) is 27.5. The van der Waals surface area contributed by atoms with Crippen LogP contribution < -0.4 is 10.9 Å². The number of nitrogens with zero attached hydrogens (tertiary/aromatic N) is 2. The Morgan fingerprint density at radius 2 is 2.05 bits per heavy atom. The Balaban J connectivity index is 1.78. The van der Waals surface area contributed by atoms with Gasteiger partial charge >= 0.3 is 0 Å². The third kappa shape index (κ3) is 4.14. The number of pyridine rings is 2. The van der Waals surface area contributed by atoms with Crippen LogP contribution in [0, 0.1) is 12.7 Å². The molecule has 0 saturated heterocycles. The number of hydrogen-bond donors (Lipinski definition) is 3. The Kier molecular flexibility index (Phi) is 6.70. The van der Waals surface area contributed by atoms with Crippen LogP contribution in [0.25, 0.3) is 22.3 Å². The number of fused-ring (bicyclic) bond motifs is 4. The molecule has 2 aromatic heterocycles. The maximum absolute atomic E-state index is 14.9. The molecule has 11 heteroatoms. The molecule has 0 saturated carbocycles. The second kappa shape index (κ2) is 9.72. The van der Waals surface area contributed by atoms with Crippen LogP contribution in [-0.2, 0) is 29.1 Å². The molecular weight excluding hydrogens is 509 g/mol. The summed E-state index contributed by atoms with van der Waals surface area (Å²) in [5.41, 5.74) is 3.97. The summed E-state index contributed by atoms with van der Waals surface area (Å²) in [6, 6.07) is 2.60. The highest BCUT2D eigenvalue weighted by molar-refractivity contribution is 6.55. The van der Waals surface area contributed by atoms with Gasteiger partial charge in [0.15, 0.2) is 0 Å². The minimum Gasteiger partial charge on any atom is -0.466 e. The monoisotopic (exact) mass is 539 g/mol. The fourth-order valence-electron chi connectivity index (χ4n) is 5.64. The summed E-state index contributed by atoms with van der Waals surface area (Å²) in [7, 11) is 0.171. The van der Waals surface area contributed by atoms with Crippen LogP contribution in [0.15, 0.2) is 16.9 Å². The van der Waals surface area contributed by atoms with Gasteiger partial charge < -0.3 is 24.8 Å². The van der Waals surface area contributed by atoms with Gasteiger partial charge in [0.2, 0.25) is 5.91 Å². The molecule has 2 aliphatic rings. The molecule has 1 amide bonds. The first kappa shape index (κ1) is 26.2. The van der Waals surface area contributed by atoms with Gasteiger partial charge in [0.25, 0.3) is 11.2 Å². The number of aliphatic hydroxyl groups is 2. The maximum atomic E-state index is 14.9. The second-order valence-electron chi connectivity index (χ2n) is 10.0. The van der Waals surface area contributed by atoms with Crippen LogP contribution in [0.5, 0.6) is 0 Å². The molecule has 0 unspecified atom stereocenters. The van der Waals surface area contributed by atoms with Crippen LogP contribution in [0.4, 0.5) is 9.18 Å². The van der Waals surface area contributed by atoms with Crippen LogP contribution in [0.1, 0.15) is 72.2 Å². The predicted molar refractivity (Wildman–Crippen MR) is 141 cm³/mol. The zero-order valence-corrected chi connectivity index (χ0v) is 23.7. The zero-order valence-electron chi connectivity index (χ0n) is 21.7. The lowest BCUT2D eigenvalue weighted by Crippen LogP contribution is -2.37. The van der Waals surface area contributed by atoms with Crippen molar-refractivity contribution >= 4 is 32.6 Å². The van der Waals surface area contributed by atoms with E-state index < -0.39 is 35.3 Å². The third-order valence-corrected chi connectivity index (χ3v) is 7.92. The Morgan fingerprint density at radius 1 is 1.32 bits per heavy atom. The molecule has 1 aliphatic heterocycles. The third-order valence-electron chi connectivity index (χ3n) is 7.63. The molecule has 1 aromatic carbocycles. The van der Waals surface area contributed by atoms with Crippen LogP contribution in [-0.4, -0.2) is 47.6 Å². The molecule has 5 rings (SSSR count). The molecule has 3 atom stereocenters. The number of aromatic nitrogens is 2. The first-order chi connectivity index (χ1) is 18.0. The number of amides is 1. The van der Waals surface area contributed by atoms with E-state index in [2.05, 4.69) is 5.32 Å². The quantitative estimate of drug-likeness (QED) is 0.319. The standard InChI is InChI=1S/C27H30FN3O6Si/c1-4-21(33)14-7-20-24-15(9-31(20)26(35)16(14)10-37-27(36)38)23-18(30-25(34)12(3)32)6-5-13-11(2)17(28)8-19(29-24)22(13)23/h7-8,12,18,21,32-33H,4-6,9-10H2,1-3,38H3,(H,30,34)/t12-,18+,21-/m0/s1. The van der Waals surface area contributed by atoms with Crippen molar-refractivity contribution in [2.24, 2.45) is 0 Å². The smallest absolute Gasteiger partial charge is 0.260 e. The van der Waals surface area contributed by atoms with Crippen molar-refractivity contribution in [3.05, 3.63) is 61.7 Å². The number of carbonyl (C=O) groups excluding carboxylic acids is 2. The van der Waals surface area contributed by atoms with Crippen molar-refractivity contribution in [3.8, 4) is 11.4 Å². The fraction of sp³-hybridized carbons (Fsp3) is 0.407. The number of carbonyl (C=O) groups is 2. The number of hydrogen-bond acceptors (Lipinski definition) is 7. The van der Waals surface area contributed by atoms with Gasteiger partial charge in [-0.05, 0) is 61.4 Å². The molecule has 9 nitrogen and oxygen atoms in total. The van der Waals surface area contributed by atoms with Crippen molar-refractivity contribution in [3.63, 3.8) is 0 Å². The summed E-state index contributed by atoms with van der Waals surface area (Å²) in [5.74, 6) is -0.903. The van der Waals surface area contributed by atoms with Gasteiger partial charge in [0, 0.05) is 17.0 Å². The molecule has 38 heavy (non-hydrogen) atoms. The highest BCUT2D eigenvalue weighted by Crippen LogP contribution is 2.45. The normalized spacial score (nSPS) is 17.2. The van der Waals surface area contributed by atoms with Gasteiger partial charge in [-0.2, -0.15) is 0 Å². The van der Waals surface area contributed by atoms with Gasteiger partial charge in [0.05, 0.1) is 41.2 Å². The van der Waals surface area contributed by atoms with Crippen LogP contribution >= 0.6 is 0 Å². The molecular formula is C27H30FN3O6Si. The minimum atomic E-state index is -1.21. The van der Waals surface area contributed by atoms with Crippen molar-refractivity contribution in [2.75, 3.05) is 0 Å². The molecule has 1 aliphatic carbocycles. The van der Waals surface area contributed by atoms with Crippen molar-refractivity contribution in [1.29, 1.82) is 0 Å². The Labute approximate surface area is 221 Å². The first-order valence-corrected chi connectivity index (χ1v) is 13.7. The van der Waals surface area contributed by atoms with Crippen molar-refractivity contribution in [2.45, 2.75) is 71.4 Å². The van der Waals surface area contributed by atoms with Gasteiger partial charge in [-0.15, -0.1) is 0 Å². The van der Waals surface area contributed by atoms with E-state index in [1.807, 2.05) is 0 Å². The molecule has 0 spiro atoms. The summed E-state index contributed by atoms with van der Waals surface area (Å²) in [6.45, 7) is 4.81. The average molecular weight is 540 g/mol. The van der Waals surface area contributed by atoms with E-state index in [9.17, 15) is 29.0 Å². The highest BCUT2D eigenvalue weighted by atomic mass is 28.1. The van der Waals surface area contributed by atoms with Gasteiger partial charge in [0.1, 0.15) is 28.8 Å². The molecule has 0 radical (unpaired) electrons. The Hall–Kier alpha value is -3.41. The van der Waals surface area contributed by atoms with Gasteiger partial charge in [-0.3, -0.25) is 14.4 Å². The molecule has 3 N–H and O–H groups in total. The Morgan fingerprint density at radius 3 is 2.71 bits per heavy atom. The largest absolute Gasteiger partial charge is 0.466 e. The number of nitrogens with one attached hydrogen (secondary N) is 1. The number of rotatable bonds is 6. The number of aryl methyl sites for hydroxylation is 1. The molecule has 0 bridgehead atoms. The molecule has 3 aromatic rings. The SMILES string of the molecule is CC[C@H](O)c1cc2n(c(=O)c1COC(=O)[SiH3])Cc1c-2nc2cc(F)c(C)c3c2c1[C@H](NC(=O)[C@H](C)O)CC3. The topological polar surface area (TPSA) is 131 Å². The number of halogens is 1. The second-order valence-corrected chi connectivity index (χ2v) is 10.9. The van der Waals surface area contributed by atoms with E-state index in [4.69, 9.17) is 9.72 Å². The van der Waals surface area contributed by atoms with Crippen LogP contribution in [0.3, 0.4) is 0 Å². The molecule has 200 valence electrons. The average Bonchev–Trinajstić information content (AvgIpc) is 3.24. The van der Waals surface area contributed by atoms with Crippen molar-refractivity contribution < 1.29 is 28.9 Å². The number of benzene rings is 1. The van der Waals surface area contributed by atoms with Gasteiger partial charge in [-0.1, -0.05) is 6.92 Å². The predicted octanol–water partition coefficient (Wildman–Crippen LogP) is 1.80.